The van der Waals surface area contributed by atoms with Crippen LogP contribution in [0.2, 0.25) is 0 Å². The van der Waals surface area contributed by atoms with Gasteiger partial charge in [-0.3, -0.25) is 9.69 Å². The molecule has 0 aliphatic carbocycles. The summed E-state index contributed by atoms with van der Waals surface area (Å²) >= 11 is 1.95. The summed E-state index contributed by atoms with van der Waals surface area (Å²) in [6.07, 6.45) is 2.51. The zero-order valence-corrected chi connectivity index (χ0v) is 11.0. The normalized spacial score (nSPS) is 24.7. The number of hydrogen-bond donors (Lipinski definition) is 0. The third kappa shape index (κ3) is 3.39. The van der Waals surface area contributed by atoms with Crippen molar-refractivity contribution in [3.8, 4) is 0 Å². The minimum atomic E-state index is 0.342. The molecule has 2 aliphatic heterocycles. The molecule has 0 aromatic heterocycles. The van der Waals surface area contributed by atoms with E-state index < -0.39 is 0 Å². The Morgan fingerprint density at radius 1 is 1.19 bits per heavy atom. The third-order valence-corrected chi connectivity index (χ3v) is 4.54. The molecule has 0 atom stereocenters. The highest BCUT2D eigenvalue weighted by Gasteiger charge is 2.22. The molecule has 2 fully saturated rings. The molecule has 0 bridgehead atoms. The van der Waals surface area contributed by atoms with Crippen molar-refractivity contribution in [2.75, 3.05) is 44.2 Å². The minimum Gasteiger partial charge on any atom is -0.340 e. The second kappa shape index (κ2) is 5.92. The number of amides is 1. The molecule has 0 radical (unpaired) electrons. The molecular formula is C12H22N2OS. The Balaban J connectivity index is 1.73. The zero-order valence-electron chi connectivity index (χ0n) is 10.2. The van der Waals surface area contributed by atoms with E-state index in [4.69, 9.17) is 0 Å². The third-order valence-electron chi connectivity index (χ3n) is 3.60. The van der Waals surface area contributed by atoms with E-state index in [0.29, 0.717) is 12.5 Å². The van der Waals surface area contributed by atoms with Crippen LogP contribution in [0.1, 0.15) is 19.8 Å². The molecule has 3 nitrogen and oxygen atoms in total. The summed E-state index contributed by atoms with van der Waals surface area (Å²) < 4.78 is 0. The molecule has 0 N–H and O–H groups in total. The van der Waals surface area contributed by atoms with Crippen LogP contribution in [0, 0.1) is 5.92 Å². The van der Waals surface area contributed by atoms with Gasteiger partial charge in [-0.25, -0.2) is 0 Å². The van der Waals surface area contributed by atoms with Gasteiger partial charge < -0.3 is 4.90 Å². The molecule has 2 heterocycles. The second-order valence-electron chi connectivity index (χ2n) is 4.95. The molecule has 4 heteroatoms. The maximum absolute atomic E-state index is 12.0. The van der Waals surface area contributed by atoms with Gasteiger partial charge in [0.1, 0.15) is 0 Å². The Bertz CT molecular complexity index is 233. The monoisotopic (exact) mass is 242 g/mol. The Morgan fingerprint density at radius 2 is 1.81 bits per heavy atom. The van der Waals surface area contributed by atoms with Crippen LogP contribution in [0.5, 0.6) is 0 Å². The lowest BCUT2D eigenvalue weighted by Crippen LogP contribution is -2.45. The summed E-state index contributed by atoms with van der Waals surface area (Å²) in [4.78, 5) is 16.4. The van der Waals surface area contributed by atoms with Crippen molar-refractivity contribution in [3.63, 3.8) is 0 Å². The van der Waals surface area contributed by atoms with E-state index in [-0.39, 0.29) is 0 Å². The van der Waals surface area contributed by atoms with E-state index in [1.807, 2.05) is 16.7 Å². The molecule has 2 aliphatic rings. The lowest BCUT2D eigenvalue weighted by atomic mass is 9.99. The SMILES string of the molecule is CC1CCN(CC(=O)N2CCSCC2)CC1. The first kappa shape index (κ1) is 12.2. The van der Waals surface area contributed by atoms with Crippen molar-refractivity contribution in [1.29, 1.82) is 0 Å². The predicted octanol–water partition coefficient (Wildman–Crippen LogP) is 1.29. The molecule has 0 aromatic rings. The van der Waals surface area contributed by atoms with Crippen LogP contribution >= 0.6 is 11.8 Å². The van der Waals surface area contributed by atoms with Crippen molar-refractivity contribution in [1.82, 2.24) is 9.80 Å². The number of piperidine rings is 1. The maximum atomic E-state index is 12.0. The summed E-state index contributed by atoms with van der Waals surface area (Å²) in [5.41, 5.74) is 0. The van der Waals surface area contributed by atoms with Crippen LogP contribution in [-0.2, 0) is 4.79 Å². The van der Waals surface area contributed by atoms with Crippen molar-refractivity contribution < 1.29 is 4.79 Å². The molecule has 0 aromatic carbocycles. The van der Waals surface area contributed by atoms with Crippen LogP contribution in [0.15, 0.2) is 0 Å². The number of likely N-dealkylation sites (tertiary alicyclic amines) is 1. The van der Waals surface area contributed by atoms with Gasteiger partial charge in [0.15, 0.2) is 0 Å². The fourth-order valence-electron chi connectivity index (χ4n) is 2.32. The number of nitrogens with zero attached hydrogens (tertiary/aromatic N) is 2. The molecule has 2 saturated heterocycles. The number of thioether (sulfide) groups is 1. The fourth-order valence-corrected chi connectivity index (χ4v) is 3.23. The lowest BCUT2D eigenvalue weighted by molar-refractivity contribution is -0.132. The first-order valence-electron chi connectivity index (χ1n) is 6.33. The van der Waals surface area contributed by atoms with E-state index in [1.54, 1.807) is 0 Å². The molecule has 0 spiro atoms. The van der Waals surface area contributed by atoms with Crippen LogP contribution in [0.4, 0.5) is 0 Å². The van der Waals surface area contributed by atoms with Gasteiger partial charge in [0.2, 0.25) is 5.91 Å². The van der Waals surface area contributed by atoms with E-state index in [9.17, 15) is 4.79 Å². The smallest absolute Gasteiger partial charge is 0.236 e. The van der Waals surface area contributed by atoms with Crippen molar-refractivity contribution in [2.45, 2.75) is 19.8 Å². The van der Waals surface area contributed by atoms with Gasteiger partial charge in [-0.15, -0.1) is 0 Å². The predicted molar refractivity (Wildman–Crippen MR) is 68.7 cm³/mol. The highest BCUT2D eigenvalue weighted by atomic mass is 32.2. The summed E-state index contributed by atoms with van der Waals surface area (Å²) in [5, 5.41) is 0. The van der Waals surface area contributed by atoms with Crippen molar-refractivity contribution in [3.05, 3.63) is 0 Å². The number of hydrogen-bond acceptors (Lipinski definition) is 3. The van der Waals surface area contributed by atoms with Gasteiger partial charge in [-0.2, -0.15) is 11.8 Å². The van der Waals surface area contributed by atoms with Gasteiger partial charge in [0, 0.05) is 24.6 Å². The largest absolute Gasteiger partial charge is 0.340 e. The Kier molecular flexibility index (Phi) is 4.53. The summed E-state index contributed by atoms with van der Waals surface area (Å²) in [6, 6.07) is 0. The average Bonchev–Trinajstić information content (AvgIpc) is 2.33. The number of carbonyl (C=O) groups excluding carboxylic acids is 1. The summed E-state index contributed by atoms with van der Waals surface area (Å²) in [7, 11) is 0. The van der Waals surface area contributed by atoms with E-state index in [1.165, 1.54) is 12.8 Å². The summed E-state index contributed by atoms with van der Waals surface area (Å²) in [5.74, 6) is 3.42. The van der Waals surface area contributed by atoms with Gasteiger partial charge in [-0.1, -0.05) is 6.92 Å². The van der Waals surface area contributed by atoms with Crippen molar-refractivity contribution >= 4 is 17.7 Å². The lowest BCUT2D eigenvalue weighted by Gasteiger charge is -2.33. The Morgan fingerprint density at radius 3 is 2.44 bits per heavy atom. The molecule has 0 saturated carbocycles. The van der Waals surface area contributed by atoms with Crippen LogP contribution in [0.3, 0.4) is 0 Å². The standard InChI is InChI=1S/C12H22N2OS/c1-11-2-4-13(5-3-11)10-12(15)14-6-8-16-9-7-14/h11H,2-10H2,1H3. The Labute approximate surface area is 103 Å². The molecule has 1 amide bonds. The van der Waals surface area contributed by atoms with Crippen molar-refractivity contribution in [2.24, 2.45) is 5.92 Å². The molecule has 16 heavy (non-hydrogen) atoms. The first-order valence-corrected chi connectivity index (χ1v) is 7.49. The number of carbonyl (C=O) groups is 1. The average molecular weight is 242 g/mol. The zero-order chi connectivity index (χ0) is 11.4. The molecule has 92 valence electrons. The molecular weight excluding hydrogens is 220 g/mol. The van der Waals surface area contributed by atoms with Gasteiger partial charge >= 0.3 is 0 Å². The summed E-state index contributed by atoms with van der Waals surface area (Å²) in [6.45, 7) is 7.07. The van der Waals surface area contributed by atoms with Crippen LogP contribution in [-0.4, -0.2) is 59.9 Å². The highest BCUT2D eigenvalue weighted by Crippen LogP contribution is 2.16. The highest BCUT2D eigenvalue weighted by molar-refractivity contribution is 7.99. The van der Waals surface area contributed by atoms with E-state index in [2.05, 4.69) is 11.8 Å². The van der Waals surface area contributed by atoms with Gasteiger partial charge in [0.25, 0.3) is 0 Å². The van der Waals surface area contributed by atoms with E-state index >= 15 is 0 Å². The van der Waals surface area contributed by atoms with Crippen LogP contribution < -0.4 is 0 Å². The van der Waals surface area contributed by atoms with Gasteiger partial charge in [0.05, 0.1) is 6.54 Å². The van der Waals surface area contributed by atoms with Gasteiger partial charge in [-0.05, 0) is 31.8 Å². The number of rotatable bonds is 2. The quantitative estimate of drug-likeness (QED) is 0.729. The maximum Gasteiger partial charge on any atom is 0.236 e. The van der Waals surface area contributed by atoms with Crippen LogP contribution in [0.25, 0.3) is 0 Å². The first-order chi connectivity index (χ1) is 7.75. The fraction of sp³-hybridized carbons (Fsp3) is 0.917. The topological polar surface area (TPSA) is 23.6 Å². The molecule has 2 rings (SSSR count). The Hall–Kier alpha value is -0.220. The molecule has 0 unspecified atom stereocenters. The van der Waals surface area contributed by atoms with E-state index in [0.717, 1.165) is 43.6 Å². The minimum absolute atomic E-state index is 0.342. The second-order valence-corrected chi connectivity index (χ2v) is 6.18.